The molecule has 2 N–H and O–H groups in total. The van der Waals surface area contributed by atoms with Gasteiger partial charge in [-0.15, -0.1) is 0 Å². The van der Waals surface area contributed by atoms with Gasteiger partial charge in [0, 0.05) is 6.61 Å². The van der Waals surface area contributed by atoms with E-state index in [1.54, 1.807) is 12.1 Å². The smallest absolute Gasteiger partial charge is 0.408 e. The Kier molecular flexibility index (Phi) is 1.90. The Morgan fingerprint density at radius 1 is 1.46 bits per heavy atom. The molecule has 4 nitrogen and oxygen atoms in total. The lowest BCUT2D eigenvalue weighted by atomic mass is 10.1. The fourth-order valence-corrected chi connectivity index (χ4v) is 1.36. The SMILES string of the molecule is O=c1[nH]c2c(CCO)cccc2o1. The van der Waals surface area contributed by atoms with Gasteiger partial charge in [0.25, 0.3) is 0 Å². The van der Waals surface area contributed by atoms with Gasteiger partial charge in [-0.1, -0.05) is 12.1 Å². The molecule has 1 aromatic carbocycles. The number of hydrogen-bond donors (Lipinski definition) is 2. The molecule has 1 heterocycles. The zero-order valence-electron chi connectivity index (χ0n) is 6.91. The van der Waals surface area contributed by atoms with Gasteiger partial charge in [0.2, 0.25) is 0 Å². The molecule has 0 amide bonds. The minimum absolute atomic E-state index is 0.0618. The molecule has 68 valence electrons. The van der Waals surface area contributed by atoms with Gasteiger partial charge in [0.1, 0.15) is 0 Å². The number of aliphatic hydroxyl groups excluding tert-OH is 1. The molecule has 0 bridgehead atoms. The standard InChI is InChI=1S/C9H9NO3/c11-5-4-6-2-1-3-7-8(6)10-9(12)13-7/h1-3,11H,4-5H2,(H,10,12). The van der Waals surface area contributed by atoms with Gasteiger partial charge >= 0.3 is 5.76 Å². The summed E-state index contributed by atoms with van der Waals surface area (Å²) in [5, 5.41) is 8.76. The molecule has 0 atom stereocenters. The van der Waals surface area contributed by atoms with E-state index in [-0.39, 0.29) is 6.61 Å². The van der Waals surface area contributed by atoms with Crippen molar-refractivity contribution < 1.29 is 9.52 Å². The van der Waals surface area contributed by atoms with Crippen LogP contribution in [-0.2, 0) is 6.42 Å². The van der Waals surface area contributed by atoms with Crippen LogP contribution in [0.15, 0.2) is 27.4 Å². The van der Waals surface area contributed by atoms with E-state index in [1.165, 1.54) is 0 Å². The predicted octanol–water partition coefficient (Wildman–Crippen LogP) is 0.656. The monoisotopic (exact) mass is 179 g/mol. The second kappa shape index (κ2) is 3.06. The van der Waals surface area contributed by atoms with Gasteiger partial charge in [-0.25, -0.2) is 4.79 Å². The molecule has 0 aliphatic rings. The number of fused-ring (bicyclic) bond motifs is 1. The molecule has 0 aliphatic heterocycles. The summed E-state index contributed by atoms with van der Waals surface area (Å²) in [6.45, 7) is 0.0618. The zero-order valence-corrected chi connectivity index (χ0v) is 6.91. The Morgan fingerprint density at radius 3 is 3.08 bits per heavy atom. The van der Waals surface area contributed by atoms with Crippen molar-refractivity contribution in [3.63, 3.8) is 0 Å². The van der Waals surface area contributed by atoms with Crippen molar-refractivity contribution in [3.05, 3.63) is 34.3 Å². The molecule has 0 fully saturated rings. The summed E-state index contributed by atoms with van der Waals surface area (Å²) < 4.78 is 4.86. The number of benzene rings is 1. The van der Waals surface area contributed by atoms with Crippen LogP contribution in [0, 0.1) is 0 Å². The van der Waals surface area contributed by atoms with Crippen LogP contribution >= 0.6 is 0 Å². The van der Waals surface area contributed by atoms with Crippen LogP contribution in [0.25, 0.3) is 11.1 Å². The summed E-state index contributed by atoms with van der Waals surface area (Å²) in [6.07, 6.45) is 0.521. The average Bonchev–Trinajstić information content (AvgIpc) is 2.47. The van der Waals surface area contributed by atoms with E-state index in [4.69, 9.17) is 9.52 Å². The fourth-order valence-electron chi connectivity index (χ4n) is 1.36. The Hall–Kier alpha value is -1.55. The molecule has 0 saturated carbocycles. The van der Waals surface area contributed by atoms with E-state index in [0.717, 1.165) is 5.56 Å². The van der Waals surface area contributed by atoms with Crippen LogP contribution in [0.3, 0.4) is 0 Å². The third-order valence-corrected chi connectivity index (χ3v) is 1.92. The number of rotatable bonds is 2. The molecular formula is C9H9NO3. The first-order valence-corrected chi connectivity index (χ1v) is 4.03. The number of hydrogen-bond acceptors (Lipinski definition) is 3. The number of H-pyrrole nitrogens is 1. The summed E-state index contributed by atoms with van der Waals surface area (Å²) >= 11 is 0. The number of oxazole rings is 1. The Bertz CT molecular complexity index is 469. The molecule has 13 heavy (non-hydrogen) atoms. The highest BCUT2D eigenvalue weighted by atomic mass is 16.4. The predicted molar refractivity (Wildman–Crippen MR) is 47.6 cm³/mol. The Balaban J connectivity index is 2.67. The molecule has 0 radical (unpaired) electrons. The van der Waals surface area contributed by atoms with Gasteiger partial charge in [0.05, 0.1) is 5.52 Å². The van der Waals surface area contributed by atoms with E-state index >= 15 is 0 Å². The summed E-state index contributed by atoms with van der Waals surface area (Å²) in [7, 11) is 0. The maximum absolute atomic E-state index is 10.9. The lowest BCUT2D eigenvalue weighted by Crippen LogP contribution is -1.96. The third kappa shape index (κ3) is 1.36. The number of aromatic nitrogens is 1. The van der Waals surface area contributed by atoms with Gasteiger partial charge < -0.3 is 9.52 Å². The highest BCUT2D eigenvalue weighted by Crippen LogP contribution is 2.14. The quantitative estimate of drug-likeness (QED) is 0.711. The molecule has 2 aromatic rings. The normalized spacial score (nSPS) is 10.8. The Morgan fingerprint density at radius 2 is 2.31 bits per heavy atom. The highest BCUT2D eigenvalue weighted by Gasteiger charge is 2.04. The molecule has 1 aromatic heterocycles. The summed E-state index contributed by atoms with van der Waals surface area (Å²) in [5.74, 6) is -0.458. The average molecular weight is 179 g/mol. The van der Waals surface area contributed by atoms with E-state index in [9.17, 15) is 4.79 Å². The number of nitrogens with one attached hydrogen (secondary N) is 1. The van der Waals surface area contributed by atoms with E-state index in [1.807, 2.05) is 6.07 Å². The highest BCUT2D eigenvalue weighted by molar-refractivity contribution is 5.75. The van der Waals surface area contributed by atoms with Crippen molar-refractivity contribution >= 4 is 11.1 Å². The number of aliphatic hydroxyl groups is 1. The molecule has 2 rings (SSSR count). The molecule has 0 saturated heterocycles. The van der Waals surface area contributed by atoms with Crippen LogP contribution in [0.4, 0.5) is 0 Å². The van der Waals surface area contributed by atoms with Crippen molar-refractivity contribution in [2.24, 2.45) is 0 Å². The second-order valence-electron chi connectivity index (χ2n) is 2.78. The fraction of sp³-hybridized carbons (Fsp3) is 0.222. The molecule has 0 spiro atoms. The third-order valence-electron chi connectivity index (χ3n) is 1.92. The van der Waals surface area contributed by atoms with Gasteiger partial charge in [-0.2, -0.15) is 0 Å². The minimum Gasteiger partial charge on any atom is -0.408 e. The first-order valence-electron chi connectivity index (χ1n) is 4.03. The topological polar surface area (TPSA) is 66.2 Å². The zero-order chi connectivity index (χ0) is 9.26. The van der Waals surface area contributed by atoms with Crippen molar-refractivity contribution in [2.75, 3.05) is 6.61 Å². The maximum Gasteiger partial charge on any atom is 0.417 e. The summed E-state index contributed by atoms with van der Waals surface area (Å²) in [4.78, 5) is 13.4. The van der Waals surface area contributed by atoms with Gasteiger partial charge in [-0.05, 0) is 18.1 Å². The lowest BCUT2D eigenvalue weighted by molar-refractivity contribution is 0.300. The number of para-hydroxylation sites is 1. The Labute approximate surface area is 73.8 Å². The molecule has 0 aliphatic carbocycles. The van der Waals surface area contributed by atoms with E-state index in [0.29, 0.717) is 17.5 Å². The molecular weight excluding hydrogens is 170 g/mol. The van der Waals surface area contributed by atoms with E-state index in [2.05, 4.69) is 4.98 Å². The van der Waals surface area contributed by atoms with Crippen molar-refractivity contribution in [1.29, 1.82) is 0 Å². The largest absolute Gasteiger partial charge is 0.417 e. The van der Waals surface area contributed by atoms with Crippen LogP contribution in [0.2, 0.25) is 0 Å². The molecule has 0 unspecified atom stereocenters. The lowest BCUT2D eigenvalue weighted by Gasteiger charge is -1.97. The van der Waals surface area contributed by atoms with Crippen molar-refractivity contribution in [3.8, 4) is 0 Å². The van der Waals surface area contributed by atoms with Crippen LogP contribution in [0.5, 0.6) is 0 Å². The van der Waals surface area contributed by atoms with Crippen molar-refractivity contribution in [1.82, 2.24) is 4.98 Å². The summed E-state index contributed by atoms with van der Waals surface area (Å²) in [5.41, 5.74) is 2.11. The van der Waals surface area contributed by atoms with Crippen LogP contribution in [-0.4, -0.2) is 16.7 Å². The first kappa shape index (κ1) is 8.07. The molecule has 4 heteroatoms. The first-order chi connectivity index (χ1) is 6.31. The second-order valence-corrected chi connectivity index (χ2v) is 2.78. The van der Waals surface area contributed by atoms with Gasteiger partial charge in [0.15, 0.2) is 5.58 Å². The summed E-state index contributed by atoms with van der Waals surface area (Å²) in [6, 6.07) is 5.36. The minimum atomic E-state index is -0.458. The van der Waals surface area contributed by atoms with E-state index < -0.39 is 5.76 Å². The maximum atomic E-state index is 10.9. The van der Waals surface area contributed by atoms with Crippen LogP contribution in [0.1, 0.15) is 5.56 Å². The van der Waals surface area contributed by atoms with Crippen LogP contribution < -0.4 is 5.76 Å². The number of aromatic amines is 1. The van der Waals surface area contributed by atoms with Gasteiger partial charge in [-0.3, -0.25) is 4.98 Å². The van der Waals surface area contributed by atoms with Crippen molar-refractivity contribution in [2.45, 2.75) is 6.42 Å².